The molecule has 1 aliphatic heterocycles. The van der Waals surface area contributed by atoms with Gasteiger partial charge in [0.25, 0.3) is 5.91 Å². The molecule has 1 fully saturated rings. The number of carbonyl (C=O) groups is 2. The van der Waals surface area contributed by atoms with Gasteiger partial charge >= 0.3 is 0 Å². The Kier molecular flexibility index (Phi) is 6.43. The minimum Gasteiger partial charge on any atom is -0.497 e. The van der Waals surface area contributed by atoms with E-state index in [9.17, 15) is 14.0 Å². The van der Waals surface area contributed by atoms with Gasteiger partial charge in [-0.2, -0.15) is 0 Å². The van der Waals surface area contributed by atoms with Crippen LogP contribution in [0.1, 0.15) is 12.0 Å². The molecule has 0 aromatic heterocycles. The van der Waals surface area contributed by atoms with Crippen molar-refractivity contribution in [2.75, 3.05) is 19.0 Å². The number of ether oxygens (including phenoxy) is 1. The molecule has 1 N–H and O–H groups in total. The Morgan fingerprint density at radius 3 is 2.64 bits per heavy atom. The Balaban J connectivity index is 1.59. The minimum absolute atomic E-state index is 0.0887. The first kappa shape index (κ1) is 20.0. The van der Waals surface area contributed by atoms with Crippen LogP contribution in [0.2, 0.25) is 0 Å². The van der Waals surface area contributed by atoms with Gasteiger partial charge in [-0.15, -0.1) is 0 Å². The molecule has 28 heavy (non-hydrogen) atoms. The first-order valence-corrected chi connectivity index (χ1v) is 9.64. The number of methoxy groups -OCH3 is 1. The highest BCUT2D eigenvalue weighted by atomic mass is 32.2. The van der Waals surface area contributed by atoms with Gasteiger partial charge in [-0.1, -0.05) is 42.2 Å². The zero-order chi connectivity index (χ0) is 20.1. The van der Waals surface area contributed by atoms with E-state index in [1.165, 1.54) is 17.0 Å². The highest BCUT2D eigenvalue weighted by molar-refractivity contribution is 8.26. The number of benzene rings is 2. The van der Waals surface area contributed by atoms with Crippen molar-refractivity contribution in [1.29, 1.82) is 0 Å². The van der Waals surface area contributed by atoms with Crippen LogP contribution in [-0.2, 0) is 9.59 Å². The first-order chi connectivity index (χ1) is 13.5. The number of nitrogens with zero attached hydrogens (tertiary/aromatic N) is 1. The largest absolute Gasteiger partial charge is 0.497 e. The number of anilines is 1. The zero-order valence-corrected chi connectivity index (χ0v) is 16.6. The fraction of sp³-hybridized carbons (Fsp3) is 0.150. The Labute approximate surface area is 171 Å². The van der Waals surface area contributed by atoms with Gasteiger partial charge in [-0.05, 0) is 36.4 Å². The third-order valence-electron chi connectivity index (χ3n) is 4.00. The average Bonchev–Trinajstić information content (AvgIpc) is 2.95. The van der Waals surface area contributed by atoms with Crippen molar-refractivity contribution in [3.8, 4) is 5.75 Å². The van der Waals surface area contributed by atoms with Crippen LogP contribution in [0, 0.1) is 5.82 Å². The number of amides is 2. The molecule has 0 spiro atoms. The molecule has 2 aromatic carbocycles. The highest BCUT2D eigenvalue weighted by Gasteiger charge is 2.32. The van der Waals surface area contributed by atoms with E-state index in [-0.39, 0.29) is 24.8 Å². The molecule has 1 heterocycles. The third kappa shape index (κ3) is 4.76. The van der Waals surface area contributed by atoms with E-state index in [4.69, 9.17) is 17.0 Å². The van der Waals surface area contributed by atoms with Gasteiger partial charge in [0.15, 0.2) is 0 Å². The van der Waals surface area contributed by atoms with Crippen molar-refractivity contribution in [3.05, 3.63) is 64.8 Å². The molecular weight excluding hydrogens is 399 g/mol. The van der Waals surface area contributed by atoms with Crippen LogP contribution in [-0.4, -0.2) is 34.7 Å². The Morgan fingerprint density at radius 1 is 1.25 bits per heavy atom. The lowest BCUT2D eigenvalue weighted by Gasteiger charge is -2.14. The van der Waals surface area contributed by atoms with Crippen molar-refractivity contribution in [2.45, 2.75) is 6.42 Å². The van der Waals surface area contributed by atoms with Gasteiger partial charge in [0.05, 0.1) is 12.0 Å². The Bertz CT molecular complexity index is 945. The second-order valence-electron chi connectivity index (χ2n) is 5.88. The lowest BCUT2D eigenvalue weighted by Crippen LogP contribution is -2.31. The lowest BCUT2D eigenvalue weighted by molar-refractivity contribution is -0.122. The van der Waals surface area contributed by atoms with Gasteiger partial charge in [0.1, 0.15) is 15.9 Å². The Hall–Kier alpha value is -2.71. The lowest BCUT2D eigenvalue weighted by atomic mass is 10.2. The fourth-order valence-electron chi connectivity index (χ4n) is 2.54. The van der Waals surface area contributed by atoms with E-state index in [2.05, 4.69) is 5.32 Å². The summed E-state index contributed by atoms with van der Waals surface area (Å²) in [6, 6.07) is 13.1. The molecule has 1 aliphatic rings. The summed E-state index contributed by atoms with van der Waals surface area (Å²) in [5, 5.41) is 2.76. The summed E-state index contributed by atoms with van der Waals surface area (Å²) >= 11 is 6.34. The zero-order valence-electron chi connectivity index (χ0n) is 15.0. The number of nitrogens with one attached hydrogen (secondary N) is 1. The van der Waals surface area contributed by atoms with Crippen LogP contribution in [0.25, 0.3) is 6.08 Å². The van der Waals surface area contributed by atoms with Crippen LogP contribution in [0.15, 0.2) is 53.4 Å². The maximum Gasteiger partial charge on any atom is 0.266 e. The molecule has 2 amide bonds. The average molecular weight is 416 g/mol. The van der Waals surface area contributed by atoms with E-state index in [1.54, 1.807) is 49.6 Å². The summed E-state index contributed by atoms with van der Waals surface area (Å²) in [5.74, 6) is -0.281. The van der Waals surface area contributed by atoms with Crippen molar-refractivity contribution in [3.63, 3.8) is 0 Å². The van der Waals surface area contributed by atoms with Gasteiger partial charge in [-0.25, -0.2) is 4.39 Å². The third-order valence-corrected chi connectivity index (χ3v) is 5.38. The molecule has 2 aromatic rings. The predicted octanol–water partition coefficient (Wildman–Crippen LogP) is 4.06. The number of thiocarbonyl (C=S) groups is 1. The molecule has 3 rings (SSSR count). The quantitative estimate of drug-likeness (QED) is 0.568. The van der Waals surface area contributed by atoms with Crippen LogP contribution in [0.5, 0.6) is 5.75 Å². The molecule has 0 radical (unpaired) electrons. The van der Waals surface area contributed by atoms with E-state index >= 15 is 0 Å². The molecule has 0 atom stereocenters. The van der Waals surface area contributed by atoms with Crippen molar-refractivity contribution in [2.24, 2.45) is 0 Å². The van der Waals surface area contributed by atoms with Crippen LogP contribution < -0.4 is 10.1 Å². The molecule has 0 unspecified atom stereocenters. The predicted molar refractivity (Wildman–Crippen MR) is 113 cm³/mol. The van der Waals surface area contributed by atoms with Gasteiger partial charge in [0.2, 0.25) is 5.91 Å². The van der Waals surface area contributed by atoms with Crippen molar-refractivity contribution < 1.29 is 18.7 Å². The van der Waals surface area contributed by atoms with Crippen LogP contribution in [0.3, 0.4) is 0 Å². The monoisotopic (exact) mass is 416 g/mol. The van der Waals surface area contributed by atoms with Crippen LogP contribution >= 0.6 is 24.0 Å². The maximum absolute atomic E-state index is 13.8. The molecule has 1 saturated heterocycles. The molecule has 0 aliphatic carbocycles. The number of rotatable bonds is 6. The Morgan fingerprint density at radius 2 is 1.96 bits per heavy atom. The smallest absolute Gasteiger partial charge is 0.266 e. The maximum atomic E-state index is 13.8. The number of halogens is 1. The van der Waals surface area contributed by atoms with E-state index < -0.39 is 5.82 Å². The van der Waals surface area contributed by atoms with Crippen LogP contribution in [0.4, 0.5) is 10.1 Å². The van der Waals surface area contributed by atoms with E-state index in [1.807, 2.05) is 0 Å². The minimum atomic E-state index is -0.411. The van der Waals surface area contributed by atoms with Gasteiger partial charge in [0, 0.05) is 24.2 Å². The topological polar surface area (TPSA) is 58.6 Å². The first-order valence-electron chi connectivity index (χ1n) is 8.42. The summed E-state index contributed by atoms with van der Waals surface area (Å²) in [4.78, 5) is 26.4. The molecule has 0 bridgehead atoms. The molecule has 5 nitrogen and oxygen atoms in total. The molecule has 8 heteroatoms. The number of hydrogen-bond donors (Lipinski definition) is 1. The van der Waals surface area contributed by atoms with E-state index in [0.29, 0.717) is 26.2 Å². The van der Waals surface area contributed by atoms with Gasteiger partial charge in [-0.3, -0.25) is 14.5 Å². The molecule has 144 valence electrons. The number of thioether (sulfide) groups is 1. The standard InChI is InChI=1S/C20H17FN2O3S2/c1-26-15-8-6-14(7-9-15)22-18(24)10-11-23-19(25)17(28-20(23)27)12-13-4-2-3-5-16(13)21/h2-9,12H,10-11H2,1H3,(H,22,24)/b17-12-. The van der Waals surface area contributed by atoms with Crippen molar-refractivity contribution >= 4 is 51.9 Å². The molecular formula is C20H17FN2O3S2. The SMILES string of the molecule is COc1ccc(NC(=O)CCN2C(=O)/C(=C/c3ccccc3F)SC2=S)cc1. The van der Waals surface area contributed by atoms with Gasteiger partial charge < -0.3 is 10.1 Å². The fourth-order valence-corrected chi connectivity index (χ4v) is 3.84. The summed E-state index contributed by atoms with van der Waals surface area (Å²) in [5.41, 5.74) is 0.955. The highest BCUT2D eigenvalue weighted by Crippen LogP contribution is 2.33. The second-order valence-corrected chi connectivity index (χ2v) is 7.56. The summed E-state index contributed by atoms with van der Waals surface area (Å²) < 4.78 is 19.2. The van der Waals surface area contributed by atoms with Crippen molar-refractivity contribution in [1.82, 2.24) is 4.90 Å². The second kappa shape index (κ2) is 8.99. The van der Waals surface area contributed by atoms with E-state index in [0.717, 1.165) is 11.8 Å². The molecule has 0 saturated carbocycles. The summed E-state index contributed by atoms with van der Waals surface area (Å²) in [7, 11) is 1.57. The normalized spacial score (nSPS) is 15.2. The summed E-state index contributed by atoms with van der Waals surface area (Å²) in [6.45, 7) is 0.154. The number of hydrogen-bond acceptors (Lipinski definition) is 5. The summed E-state index contributed by atoms with van der Waals surface area (Å²) in [6.07, 6.45) is 1.57. The number of carbonyl (C=O) groups excluding carboxylic acids is 2.